The Morgan fingerprint density at radius 1 is 0.947 bits per heavy atom. The third kappa shape index (κ3) is 3.05. The number of allylic oxidation sites excluding steroid dienone is 4. The zero-order valence-corrected chi connectivity index (χ0v) is 21.2. The maximum absolute atomic E-state index is 13.4. The highest BCUT2D eigenvalue weighted by molar-refractivity contribution is 6.09. The van der Waals surface area contributed by atoms with E-state index in [2.05, 4.69) is 6.92 Å². The highest BCUT2D eigenvalue weighted by Gasteiger charge is 2.72. The Morgan fingerprint density at radius 2 is 1.61 bits per heavy atom. The van der Waals surface area contributed by atoms with Gasteiger partial charge in [-0.2, -0.15) is 0 Å². The molecule has 3 aliphatic carbocycles. The van der Waals surface area contributed by atoms with Crippen LogP contribution in [-0.4, -0.2) is 52.3 Å². The highest BCUT2D eigenvalue weighted by Crippen LogP contribution is 2.70. The Kier molecular flexibility index (Phi) is 4.95. The summed E-state index contributed by atoms with van der Waals surface area (Å²) in [5, 5.41) is 0. The van der Waals surface area contributed by atoms with Crippen molar-refractivity contribution in [1.29, 1.82) is 0 Å². The van der Waals surface area contributed by atoms with E-state index in [9.17, 15) is 19.2 Å². The first-order valence-electron chi connectivity index (χ1n) is 13.4. The molecule has 7 nitrogen and oxygen atoms in total. The molecule has 7 rings (SSSR count). The van der Waals surface area contributed by atoms with Crippen LogP contribution in [0, 0.1) is 11.8 Å². The molecule has 5 atom stereocenters. The summed E-state index contributed by atoms with van der Waals surface area (Å²) >= 11 is 0. The molecule has 1 spiro atoms. The summed E-state index contributed by atoms with van der Waals surface area (Å²) in [6.07, 6.45) is 4.01. The van der Waals surface area contributed by atoms with Crippen LogP contribution in [0.15, 0.2) is 72.1 Å². The lowest BCUT2D eigenvalue weighted by atomic mass is 9.80. The minimum Gasteiger partial charge on any atom is -0.327 e. The van der Waals surface area contributed by atoms with Crippen molar-refractivity contribution in [3.05, 3.63) is 94.3 Å². The van der Waals surface area contributed by atoms with E-state index in [4.69, 9.17) is 5.73 Å². The highest BCUT2D eigenvalue weighted by atomic mass is 16.2. The van der Waals surface area contributed by atoms with Gasteiger partial charge in [-0.1, -0.05) is 55.5 Å². The number of fused-ring (bicyclic) bond motifs is 4. The predicted molar refractivity (Wildman–Crippen MR) is 140 cm³/mol. The topological polar surface area (TPSA) is 101 Å². The summed E-state index contributed by atoms with van der Waals surface area (Å²) in [7, 11) is 0. The fourth-order valence-corrected chi connectivity index (χ4v) is 7.63. The quantitative estimate of drug-likeness (QED) is 0.684. The molecule has 3 fully saturated rings. The number of likely N-dealkylation sites (tertiary alicyclic amines) is 2. The van der Waals surface area contributed by atoms with Crippen molar-refractivity contribution in [2.24, 2.45) is 17.6 Å². The van der Waals surface area contributed by atoms with Gasteiger partial charge in [-0.3, -0.25) is 19.2 Å². The van der Waals surface area contributed by atoms with E-state index in [1.165, 1.54) is 0 Å². The largest absolute Gasteiger partial charge is 0.327 e. The van der Waals surface area contributed by atoms with E-state index >= 15 is 0 Å². The van der Waals surface area contributed by atoms with E-state index in [1.807, 2.05) is 48.5 Å². The summed E-state index contributed by atoms with van der Waals surface area (Å²) in [5.41, 5.74) is 11.0. The smallest absolute Gasteiger partial charge is 0.228 e. The molecule has 5 aliphatic rings. The lowest BCUT2D eigenvalue weighted by Gasteiger charge is -2.31. The Bertz CT molecular complexity index is 1510. The van der Waals surface area contributed by atoms with Crippen molar-refractivity contribution in [2.75, 3.05) is 13.1 Å². The molecule has 1 saturated carbocycles. The third-order valence-corrected chi connectivity index (χ3v) is 9.46. The molecule has 0 aromatic heterocycles. The van der Waals surface area contributed by atoms with Gasteiger partial charge in [0.2, 0.25) is 11.8 Å². The normalized spacial score (nSPS) is 28.9. The van der Waals surface area contributed by atoms with Crippen LogP contribution in [0.1, 0.15) is 63.9 Å². The van der Waals surface area contributed by atoms with Crippen molar-refractivity contribution < 1.29 is 19.2 Å². The van der Waals surface area contributed by atoms with Gasteiger partial charge in [-0.05, 0) is 29.4 Å². The molecule has 0 bridgehead atoms. The molecule has 2 saturated heterocycles. The van der Waals surface area contributed by atoms with E-state index in [0.29, 0.717) is 24.6 Å². The molecule has 2 heterocycles. The molecule has 2 aromatic rings. The molecule has 192 valence electrons. The SMILES string of the molecule is C[C@@H]1C2CN(C(=O)CC(N)CC(=O)N3CCC4C3=CC(=O)c3ccccc34)C3=CC(=O)c4ccccc4[C@@]321. The Labute approximate surface area is 221 Å². The molecule has 2 amide bonds. The summed E-state index contributed by atoms with van der Waals surface area (Å²) < 4.78 is 0. The molecule has 38 heavy (non-hydrogen) atoms. The summed E-state index contributed by atoms with van der Waals surface area (Å²) in [5.74, 6) is 0.202. The number of rotatable bonds is 4. The third-order valence-electron chi connectivity index (χ3n) is 9.46. The maximum Gasteiger partial charge on any atom is 0.228 e. The Balaban J connectivity index is 1.05. The number of hydrogen-bond acceptors (Lipinski definition) is 5. The number of piperidine rings is 1. The number of ketones is 2. The number of benzene rings is 2. The van der Waals surface area contributed by atoms with Crippen LogP contribution in [0.4, 0.5) is 0 Å². The molecule has 7 heteroatoms. The van der Waals surface area contributed by atoms with Gasteiger partial charge in [0.15, 0.2) is 11.6 Å². The number of carbonyl (C=O) groups is 4. The van der Waals surface area contributed by atoms with Gasteiger partial charge < -0.3 is 15.5 Å². The second-order valence-electron chi connectivity index (χ2n) is 11.3. The van der Waals surface area contributed by atoms with E-state index in [-0.39, 0.29) is 53.5 Å². The average Bonchev–Trinajstić information content (AvgIpc) is 3.21. The second kappa shape index (κ2) is 8.08. The van der Waals surface area contributed by atoms with Gasteiger partial charge in [-0.25, -0.2) is 0 Å². The molecule has 2 N–H and O–H groups in total. The van der Waals surface area contributed by atoms with Crippen LogP contribution >= 0.6 is 0 Å². The average molecular weight is 508 g/mol. The molecule has 3 unspecified atom stereocenters. The number of hydrogen-bond donors (Lipinski definition) is 1. The molecule has 2 aliphatic heterocycles. The summed E-state index contributed by atoms with van der Waals surface area (Å²) in [4.78, 5) is 55.6. The number of amides is 2. The van der Waals surface area contributed by atoms with Crippen LogP contribution in [0.25, 0.3) is 0 Å². The van der Waals surface area contributed by atoms with E-state index in [1.54, 1.807) is 22.0 Å². The maximum atomic E-state index is 13.4. The van der Waals surface area contributed by atoms with Gasteiger partial charge in [0, 0.05) is 78.0 Å². The van der Waals surface area contributed by atoms with Gasteiger partial charge in [0.25, 0.3) is 0 Å². The summed E-state index contributed by atoms with van der Waals surface area (Å²) in [6, 6.07) is 14.6. The first kappa shape index (κ1) is 23.3. The zero-order valence-electron chi connectivity index (χ0n) is 21.2. The first-order valence-corrected chi connectivity index (χ1v) is 13.4. The fourth-order valence-electron chi connectivity index (χ4n) is 7.63. The molecular formula is C31H29N3O4. The number of nitrogens with two attached hydrogens (primary N) is 1. The molecular weight excluding hydrogens is 478 g/mol. The minimum absolute atomic E-state index is 0.0191. The van der Waals surface area contributed by atoms with Crippen LogP contribution in [0.2, 0.25) is 0 Å². The predicted octanol–water partition coefficient (Wildman–Crippen LogP) is 3.32. The standard InChI is InChI=1S/C31H29N3O4/c1-17-24-16-34(28-15-27(36)22-8-4-5-9-23(22)31(17,24)28)30(38)13-18(32)12-29(37)33-11-10-20-19-6-2-3-7-21(19)26(35)14-25(20)33/h2-9,14-15,17-18,20,24H,10-13,16,32H2,1H3/t17-,18?,20?,24?,31-/m1/s1. The van der Waals surface area contributed by atoms with Gasteiger partial charge in [0.05, 0.1) is 0 Å². The van der Waals surface area contributed by atoms with Gasteiger partial charge in [-0.15, -0.1) is 0 Å². The van der Waals surface area contributed by atoms with Crippen LogP contribution in [0.5, 0.6) is 0 Å². The molecule has 0 radical (unpaired) electrons. The van der Waals surface area contributed by atoms with Crippen molar-refractivity contribution in [2.45, 2.75) is 43.6 Å². The van der Waals surface area contributed by atoms with Crippen LogP contribution < -0.4 is 5.73 Å². The van der Waals surface area contributed by atoms with Gasteiger partial charge in [0.1, 0.15) is 0 Å². The van der Waals surface area contributed by atoms with E-state index in [0.717, 1.165) is 34.5 Å². The lowest BCUT2D eigenvalue weighted by Crippen LogP contribution is -2.40. The number of nitrogens with zero attached hydrogens (tertiary/aromatic N) is 2. The minimum atomic E-state index is -0.654. The Morgan fingerprint density at radius 3 is 2.39 bits per heavy atom. The van der Waals surface area contributed by atoms with Crippen LogP contribution in [0.3, 0.4) is 0 Å². The van der Waals surface area contributed by atoms with Gasteiger partial charge >= 0.3 is 0 Å². The first-order chi connectivity index (χ1) is 18.3. The summed E-state index contributed by atoms with van der Waals surface area (Å²) in [6.45, 7) is 3.28. The van der Waals surface area contributed by atoms with Crippen molar-refractivity contribution in [3.8, 4) is 0 Å². The van der Waals surface area contributed by atoms with Crippen molar-refractivity contribution in [1.82, 2.24) is 9.80 Å². The van der Waals surface area contributed by atoms with E-state index < -0.39 is 6.04 Å². The Hall–Kier alpha value is -3.84. The lowest BCUT2D eigenvalue weighted by molar-refractivity contribution is -0.131. The van der Waals surface area contributed by atoms with Crippen LogP contribution in [-0.2, 0) is 15.0 Å². The molecule has 2 aromatic carbocycles. The monoisotopic (exact) mass is 507 g/mol. The second-order valence-corrected chi connectivity index (χ2v) is 11.3. The number of carbonyl (C=O) groups excluding carboxylic acids is 4. The zero-order chi connectivity index (χ0) is 26.3. The fraction of sp³-hybridized carbons (Fsp3) is 0.355. The van der Waals surface area contributed by atoms with Crippen molar-refractivity contribution in [3.63, 3.8) is 0 Å². The van der Waals surface area contributed by atoms with Crippen molar-refractivity contribution >= 4 is 23.4 Å².